The van der Waals surface area contributed by atoms with Crippen molar-refractivity contribution in [2.24, 2.45) is 0 Å². The van der Waals surface area contributed by atoms with Crippen molar-refractivity contribution in [2.45, 2.75) is 58.7 Å². The molecule has 3 rings (SSSR count). The minimum atomic E-state index is -0.688. The highest BCUT2D eigenvalue weighted by atomic mass is 16.6. The number of hydrogen-bond acceptors (Lipinski definition) is 5. The number of aryl methyl sites for hydroxylation is 1. The van der Waals surface area contributed by atoms with Crippen molar-refractivity contribution in [1.29, 1.82) is 0 Å². The Kier molecular flexibility index (Phi) is 5.82. The molecule has 0 aromatic carbocycles. The summed E-state index contributed by atoms with van der Waals surface area (Å²) >= 11 is 0. The Morgan fingerprint density at radius 3 is 2.57 bits per heavy atom. The molecule has 0 radical (unpaired) electrons. The quantitative estimate of drug-likeness (QED) is 0.833. The second-order valence-electron chi connectivity index (χ2n) is 9.57. The molecule has 1 aliphatic rings. The third-order valence-electron chi connectivity index (χ3n) is 5.38. The van der Waals surface area contributed by atoms with Crippen LogP contribution in [-0.4, -0.2) is 69.5 Å². The number of ether oxygens (including phenoxy) is 1. The monoisotopic (exact) mass is 415 g/mol. The first-order chi connectivity index (χ1) is 13.9. The molecule has 0 spiro atoms. The van der Waals surface area contributed by atoms with Gasteiger partial charge in [0.2, 0.25) is 5.91 Å². The van der Waals surface area contributed by atoms with Gasteiger partial charge in [-0.05, 0) is 60.2 Å². The van der Waals surface area contributed by atoms with E-state index in [4.69, 9.17) is 4.74 Å². The first kappa shape index (κ1) is 22.1. The van der Waals surface area contributed by atoms with Crippen molar-refractivity contribution in [3.63, 3.8) is 0 Å². The smallest absolute Gasteiger partial charge is 0.410 e. The van der Waals surface area contributed by atoms with Gasteiger partial charge in [0.1, 0.15) is 17.5 Å². The van der Waals surface area contributed by atoms with Crippen LogP contribution in [0.2, 0.25) is 0 Å². The fourth-order valence-corrected chi connectivity index (χ4v) is 3.72. The molecule has 0 saturated carbocycles. The van der Waals surface area contributed by atoms with E-state index in [9.17, 15) is 9.59 Å². The number of rotatable bonds is 3. The molecule has 1 N–H and O–H groups in total. The lowest BCUT2D eigenvalue weighted by atomic mass is 10.0. The Morgan fingerprint density at radius 2 is 1.90 bits per heavy atom. The minimum absolute atomic E-state index is 0.139. The first-order valence-corrected chi connectivity index (χ1v) is 10.3. The number of nitrogens with zero attached hydrogens (tertiary/aromatic N) is 4. The Labute approximate surface area is 178 Å². The fourth-order valence-electron chi connectivity index (χ4n) is 3.72. The maximum Gasteiger partial charge on any atom is 0.410 e. The van der Waals surface area contributed by atoms with Crippen molar-refractivity contribution in [3.05, 3.63) is 35.9 Å². The van der Waals surface area contributed by atoms with E-state index in [1.165, 1.54) is 0 Å². The Bertz CT molecular complexity index is 944. The minimum Gasteiger partial charge on any atom is -0.444 e. The topological polar surface area (TPSA) is 79.2 Å². The number of fused-ring (bicyclic) bond motifs is 1. The van der Waals surface area contributed by atoms with Crippen LogP contribution in [0.4, 0.5) is 4.79 Å². The molecule has 164 valence electrons. The maximum absolute atomic E-state index is 13.2. The van der Waals surface area contributed by atoms with E-state index in [1.54, 1.807) is 4.90 Å². The second kappa shape index (κ2) is 7.91. The van der Waals surface area contributed by atoms with Gasteiger partial charge in [0.15, 0.2) is 0 Å². The van der Waals surface area contributed by atoms with Crippen LogP contribution < -0.4 is 5.32 Å². The molecule has 1 aliphatic heterocycles. The molecule has 1 fully saturated rings. The summed E-state index contributed by atoms with van der Waals surface area (Å²) in [5, 5.41) is 3.14. The number of piperazine rings is 1. The van der Waals surface area contributed by atoms with Crippen LogP contribution in [0.25, 0.3) is 5.52 Å². The summed E-state index contributed by atoms with van der Waals surface area (Å²) in [6.45, 7) is 12.8. The summed E-state index contributed by atoms with van der Waals surface area (Å²) in [7, 11) is 1.90. The standard InChI is InChI=1S/C22H33N5O3/c1-15-9-8-10-27-16(15)13-23-19(27)22(5,6)24-18(28)17-14-26(12-11-25(17)7)20(29)30-21(2,3)4/h8-10,13,17H,11-12,14H2,1-7H3,(H,24,28)/t17-/m0/s1. The predicted octanol–water partition coefficient (Wildman–Crippen LogP) is 2.55. The molecule has 0 aliphatic carbocycles. The van der Waals surface area contributed by atoms with E-state index in [1.807, 2.05) is 82.4 Å². The zero-order valence-corrected chi connectivity index (χ0v) is 19.0. The van der Waals surface area contributed by atoms with Gasteiger partial charge >= 0.3 is 6.09 Å². The molecular formula is C22H33N5O3. The maximum atomic E-state index is 13.2. The summed E-state index contributed by atoms with van der Waals surface area (Å²) in [5.41, 5.74) is 0.880. The van der Waals surface area contributed by atoms with E-state index in [-0.39, 0.29) is 18.5 Å². The number of aromatic nitrogens is 2. The number of carbonyl (C=O) groups excluding carboxylic acids is 2. The number of likely N-dealkylation sites (N-methyl/N-ethyl adjacent to an activating group) is 1. The van der Waals surface area contributed by atoms with Crippen LogP contribution in [0.15, 0.2) is 24.5 Å². The van der Waals surface area contributed by atoms with Gasteiger partial charge in [-0.25, -0.2) is 9.78 Å². The number of pyridine rings is 1. The predicted molar refractivity (Wildman–Crippen MR) is 115 cm³/mol. The van der Waals surface area contributed by atoms with Crippen LogP contribution in [-0.2, 0) is 15.1 Å². The summed E-state index contributed by atoms with van der Waals surface area (Å²) < 4.78 is 7.49. The van der Waals surface area contributed by atoms with Crippen LogP contribution >= 0.6 is 0 Å². The molecule has 2 amide bonds. The average Bonchev–Trinajstić information content (AvgIpc) is 3.06. The molecular weight excluding hydrogens is 382 g/mol. The summed E-state index contributed by atoms with van der Waals surface area (Å²) in [6.07, 6.45) is 3.40. The van der Waals surface area contributed by atoms with Gasteiger partial charge in [-0.15, -0.1) is 0 Å². The normalized spacial score (nSPS) is 18.5. The van der Waals surface area contributed by atoms with Gasteiger partial charge in [-0.3, -0.25) is 9.69 Å². The van der Waals surface area contributed by atoms with Gasteiger partial charge in [0.25, 0.3) is 0 Å². The zero-order valence-electron chi connectivity index (χ0n) is 19.0. The van der Waals surface area contributed by atoms with Crippen LogP contribution in [0.1, 0.15) is 46.0 Å². The van der Waals surface area contributed by atoms with Crippen molar-refractivity contribution >= 4 is 17.5 Å². The van der Waals surface area contributed by atoms with Gasteiger partial charge in [0.05, 0.1) is 17.3 Å². The third kappa shape index (κ3) is 4.59. The third-order valence-corrected chi connectivity index (χ3v) is 5.38. The molecule has 30 heavy (non-hydrogen) atoms. The largest absolute Gasteiger partial charge is 0.444 e. The van der Waals surface area contributed by atoms with E-state index in [2.05, 4.69) is 10.3 Å². The molecule has 0 unspecified atom stereocenters. The second-order valence-corrected chi connectivity index (χ2v) is 9.57. The van der Waals surface area contributed by atoms with E-state index in [0.29, 0.717) is 13.1 Å². The molecule has 3 heterocycles. The SMILES string of the molecule is Cc1cccn2c(C(C)(C)NC(=O)[C@@H]3CN(C(=O)OC(C)(C)C)CCN3C)ncc12. The van der Waals surface area contributed by atoms with Crippen molar-refractivity contribution in [3.8, 4) is 0 Å². The van der Waals surface area contributed by atoms with Crippen LogP contribution in [0.3, 0.4) is 0 Å². The van der Waals surface area contributed by atoms with Crippen molar-refractivity contribution < 1.29 is 14.3 Å². The molecule has 1 atom stereocenters. The van der Waals surface area contributed by atoms with Gasteiger partial charge in [0, 0.05) is 25.8 Å². The molecule has 0 bridgehead atoms. The number of imidazole rings is 1. The summed E-state index contributed by atoms with van der Waals surface area (Å²) in [4.78, 5) is 33.8. The average molecular weight is 416 g/mol. The first-order valence-electron chi connectivity index (χ1n) is 10.3. The number of nitrogens with one attached hydrogen (secondary N) is 1. The number of hydrogen-bond donors (Lipinski definition) is 1. The highest BCUT2D eigenvalue weighted by Crippen LogP contribution is 2.23. The molecule has 8 heteroatoms. The number of carbonyl (C=O) groups is 2. The van der Waals surface area contributed by atoms with E-state index >= 15 is 0 Å². The highest BCUT2D eigenvalue weighted by molar-refractivity contribution is 5.83. The molecule has 2 aromatic heterocycles. The lowest BCUT2D eigenvalue weighted by Crippen LogP contribution is -2.61. The Balaban J connectivity index is 1.76. The zero-order chi connectivity index (χ0) is 22.3. The van der Waals surface area contributed by atoms with E-state index < -0.39 is 17.2 Å². The fraction of sp³-hybridized carbons (Fsp3) is 0.591. The molecule has 1 saturated heterocycles. The lowest BCUT2D eigenvalue weighted by Gasteiger charge is -2.40. The lowest BCUT2D eigenvalue weighted by molar-refractivity contribution is -0.129. The Morgan fingerprint density at radius 1 is 1.20 bits per heavy atom. The van der Waals surface area contributed by atoms with Crippen LogP contribution in [0, 0.1) is 6.92 Å². The summed E-state index contributed by atoms with van der Waals surface area (Å²) in [6, 6.07) is 3.55. The Hall–Kier alpha value is -2.61. The summed E-state index contributed by atoms with van der Waals surface area (Å²) in [5.74, 6) is 0.622. The molecule has 8 nitrogen and oxygen atoms in total. The molecule has 2 aromatic rings. The van der Waals surface area contributed by atoms with E-state index in [0.717, 1.165) is 16.9 Å². The van der Waals surface area contributed by atoms with Crippen molar-refractivity contribution in [1.82, 2.24) is 24.5 Å². The van der Waals surface area contributed by atoms with Gasteiger partial charge < -0.3 is 19.4 Å². The van der Waals surface area contributed by atoms with Crippen molar-refractivity contribution in [2.75, 3.05) is 26.7 Å². The van der Waals surface area contributed by atoms with Gasteiger partial charge in [-0.2, -0.15) is 0 Å². The van der Waals surface area contributed by atoms with Gasteiger partial charge in [-0.1, -0.05) is 6.07 Å². The highest BCUT2D eigenvalue weighted by Gasteiger charge is 2.37. The van der Waals surface area contributed by atoms with Crippen LogP contribution in [0.5, 0.6) is 0 Å². The number of amides is 2.